The first-order valence-electron chi connectivity index (χ1n) is 9.90. The highest BCUT2D eigenvalue weighted by atomic mass is 19.1. The van der Waals surface area contributed by atoms with Crippen molar-refractivity contribution >= 4 is 11.7 Å². The number of rotatable bonds is 7. The van der Waals surface area contributed by atoms with Crippen LogP contribution >= 0.6 is 0 Å². The van der Waals surface area contributed by atoms with E-state index in [9.17, 15) is 14.0 Å². The number of Topliss-reactive ketones (excluding diaryl/α,β-unsaturated/α-hetero) is 1. The molecule has 2 saturated heterocycles. The van der Waals surface area contributed by atoms with E-state index in [-0.39, 0.29) is 11.9 Å². The molecule has 3 rings (SSSR count). The molecule has 2 aliphatic rings. The van der Waals surface area contributed by atoms with Gasteiger partial charge < -0.3 is 9.64 Å². The molecule has 5 nitrogen and oxygen atoms in total. The van der Waals surface area contributed by atoms with E-state index in [4.69, 9.17) is 4.74 Å². The van der Waals surface area contributed by atoms with Gasteiger partial charge >= 0.3 is 0 Å². The number of likely N-dealkylation sites (tertiary alicyclic amines) is 1. The standard InChI is InChI=1S/C21H29FN2O3/c1-16(25)21(26)24(15-19-6-4-12-27-19)13-17-8-10-23(11-9-17)14-18-5-2-3-7-20(18)22/h2-3,5,7,17,19H,4,6,8-15H2,1H3. The third-order valence-corrected chi connectivity index (χ3v) is 5.57. The molecule has 27 heavy (non-hydrogen) atoms. The van der Waals surface area contributed by atoms with Gasteiger partial charge in [-0.15, -0.1) is 0 Å². The normalized spacial score (nSPS) is 21.3. The van der Waals surface area contributed by atoms with Crippen molar-refractivity contribution in [2.75, 3.05) is 32.8 Å². The predicted octanol–water partition coefficient (Wildman–Crippen LogP) is 2.63. The van der Waals surface area contributed by atoms with Gasteiger partial charge in [0.05, 0.1) is 6.10 Å². The van der Waals surface area contributed by atoms with E-state index in [0.29, 0.717) is 25.6 Å². The van der Waals surface area contributed by atoms with E-state index in [2.05, 4.69) is 4.90 Å². The van der Waals surface area contributed by atoms with Crippen molar-refractivity contribution in [3.63, 3.8) is 0 Å². The average molecular weight is 376 g/mol. The second kappa shape index (κ2) is 9.42. The van der Waals surface area contributed by atoms with Crippen LogP contribution in [0.1, 0.15) is 38.2 Å². The average Bonchev–Trinajstić information content (AvgIpc) is 3.17. The Hall–Kier alpha value is -1.79. The van der Waals surface area contributed by atoms with E-state index >= 15 is 0 Å². The van der Waals surface area contributed by atoms with E-state index in [1.54, 1.807) is 11.0 Å². The SMILES string of the molecule is CC(=O)C(=O)N(CC1CCN(Cc2ccccc2F)CC1)CC1CCCO1. The molecule has 0 radical (unpaired) electrons. The van der Waals surface area contributed by atoms with Gasteiger partial charge in [-0.1, -0.05) is 18.2 Å². The molecule has 0 spiro atoms. The van der Waals surface area contributed by atoms with E-state index < -0.39 is 11.7 Å². The van der Waals surface area contributed by atoms with E-state index in [1.807, 2.05) is 12.1 Å². The van der Waals surface area contributed by atoms with Crippen molar-refractivity contribution in [3.05, 3.63) is 35.6 Å². The van der Waals surface area contributed by atoms with Gasteiger partial charge in [0.2, 0.25) is 5.78 Å². The molecule has 0 N–H and O–H groups in total. The Kier molecular flexibility index (Phi) is 6.96. The van der Waals surface area contributed by atoms with Crippen molar-refractivity contribution < 1.29 is 18.7 Å². The molecule has 0 saturated carbocycles. The molecule has 1 atom stereocenters. The first kappa shape index (κ1) is 20.0. The molecule has 2 heterocycles. The first-order chi connectivity index (χ1) is 13.0. The Morgan fingerprint density at radius 2 is 1.93 bits per heavy atom. The van der Waals surface area contributed by atoms with Gasteiger partial charge in [0, 0.05) is 38.7 Å². The van der Waals surface area contributed by atoms with Crippen LogP contribution in [0.2, 0.25) is 0 Å². The molecule has 0 bridgehead atoms. The number of halogens is 1. The van der Waals surface area contributed by atoms with Crippen LogP contribution in [0.5, 0.6) is 0 Å². The number of nitrogens with zero attached hydrogens (tertiary/aromatic N) is 2. The molecular formula is C21H29FN2O3. The van der Waals surface area contributed by atoms with Gasteiger partial charge in [-0.2, -0.15) is 0 Å². The Labute approximate surface area is 160 Å². The largest absolute Gasteiger partial charge is 0.376 e. The highest BCUT2D eigenvalue weighted by Crippen LogP contribution is 2.22. The van der Waals surface area contributed by atoms with E-state index in [0.717, 1.165) is 50.9 Å². The van der Waals surface area contributed by atoms with Crippen molar-refractivity contribution in [1.82, 2.24) is 9.80 Å². The number of carbonyl (C=O) groups excluding carboxylic acids is 2. The molecule has 2 aliphatic heterocycles. The summed E-state index contributed by atoms with van der Waals surface area (Å²) in [6.07, 6.45) is 3.90. The number of ether oxygens (including phenoxy) is 1. The topological polar surface area (TPSA) is 49.9 Å². The summed E-state index contributed by atoms with van der Waals surface area (Å²) in [4.78, 5) is 27.9. The summed E-state index contributed by atoms with van der Waals surface area (Å²) in [5.74, 6) is -0.606. The smallest absolute Gasteiger partial charge is 0.289 e. The zero-order valence-corrected chi connectivity index (χ0v) is 16.0. The van der Waals surface area contributed by atoms with Crippen LogP contribution in [0.4, 0.5) is 4.39 Å². The monoisotopic (exact) mass is 376 g/mol. The summed E-state index contributed by atoms with van der Waals surface area (Å²) in [6.45, 7) is 5.55. The number of hydrogen-bond donors (Lipinski definition) is 0. The highest BCUT2D eigenvalue weighted by molar-refractivity contribution is 6.35. The summed E-state index contributed by atoms with van der Waals surface area (Å²) in [6, 6.07) is 6.90. The van der Waals surface area contributed by atoms with Crippen LogP contribution in [0.3, 0.4) is 0 Å². The summed E-state index contributed by atoms with van der Waals surface area (Å²) in [7, 11) is 0. The number of carbonyl (C=O) groups is 2. The highest BCUT2D eigenvalue weighted by Gasteiger charge is 2.28. The second-order valence-corrected chi connectivity index (χ2v) is 7.71. The lowest BCUT2D eigenvalue weighted by molar-refractivity contribution is -0.145. The van der Waals surface area contributed by atoms with Crippen LogP contribution in [0.25, 0.3) is 0 Å². The Morgan fingerprint density at radius 3 is 2.56 bits per heavy atom. The molecule has 148 valence electrons. The quantitative estimate of drug-likeness (QED) is 0.687. The van der Waals surface area contributed by atoms with Crippen LogP contribution in [-0.2, 0) is 20.9 Å². The fourth-order valence-electron chi connectivity index (χ4n) is 4.00. The summed E-state index contributed by atoms with van der Waals surface area (Å²) >= 11 is 0. The third kappa shape index (κ3) is 5.59. The van der Waals surface area contributed by atoms with Gasteiger partial charge in [-0.25, -0.2) is 4.39 Å². The summed E-state index contributed by atoms with van der Waals surface area (Å²) in [5, 5.41) is 0. The van der Waals surface area contributed by atoms with Crippen molar-refractivity contribution in [3.8, 4) is 0 Å². The molecule has 1 amide bonds. The molecule has 1 aromatic rings. The maximum absolute atomic E-state index is 13.8. The zero-order chi connectivity index (χ0) is 19.2. The lowest BCUT2D eigenvalue weighted by atomic mass is 9.95. The number of amides is 1. The summed E-state index contributed by atoms with van der Waals surface area (Å²) in [5.41, 5.74) is 0.725. The first-order valence-corrected chi connectivity index (χ1v) is 9.90. The molecule has 2 fully saturated rings. The number of piperidine rings is 1. The van der Waals surface area contributed by atoms with Crippen molar-refractivity contribution in [2.24, 2.45) is 5.92 Å². The number of ketones is 1. The van der Waals surface area contributed by atoms with Crippen LogP contribution in [0, 0.1) is 11.7 Å². The van der Waals surface area contributed by atoms with Crippen molar-refractivity contribution in [1.29, 1.82) is 0 Å². The van der Waals surface area contributed by atoms with Crippen LogP contribution in [0.15, 0.2) is 24.3 Å². The molecule has 0 aliphatic carbocycles. The fraction of sp³-hybridized carbons (Fsp3) is 0.619. The van der Waals surface area contributed by atoms with Gasteiger partial charge in [0.1, 0.15) is 5.82 Å². The third-order valence-electron chi connectivity index (χ3n) is 5.57. The van der Waals surface area contributed by atoms with E-state index in [1.165, 1.54) is 13.0 Å². The maximum Gasteiger partial charge on any atom is 0.289 e. The molecular weight excluding hydrogens is 347 g/mol. The molecule has 1 aromatic carbocycles. The van der Waals surface area contributed by atoms with Crippen LogP contribution < -0.4 is 0 Å². The molecule has 1 unspecified atom stereocenters. The summed E-state index contributed by atoms with van der Waals surface area (Å²) < 4.78 is 19.5. The Balaban J connectivity index is 1.51. The number of benzene rings is 1. The minimum absolute atomic E-state index is 0.0504. The minimum Gasteiger partial charge on any atom is -0.376 e. The van der Waals surface area contributed by atoms with Crippen LogP contribution in [-0.4, -0.2) is 60.4 Å². The molecule has 0 aromatic heterocycles. The van der Waals surface area contributed by atoms with Crippen molar-refractivity contribution in [2.45, 2.75) is 45.3 Å². The minimum atomic E-state index is -0.412. The Morgan fingerprint density at radius 1 is 1.19 bits per heavy atom. The van der Waals surface area contributed by atoms with Gasteiger partial charge in [-0.05, 0) is 50.8 Å². The number of hydrogen-bond acceptors (Lipinski definition) is 4. The van der Waals surface area contributed by atoms with Gasteiger partial charge in [0.25, 0.3) is 5.91 Å². The molecule has 6 heteroatoms. The lowest BCUT2D eigenvalue weighted by Gasteiger charge is -2.35. The predicted molar refractivity (Wildman–Crippen MR) is 101 cm³/mol. The second-order valence-electron chi connectivity index (χ2n) is 7.71. The van der Waals surface area contributed by atoms with Gasteiger partial charge in [-0.3, -0.25) is 14.5 Å². The Bertz CT molecular complexity index is 653. The maximum atomic E-state index is 13.8. The fourth-order valence-corrected chi connectivity index (χ4v) is 4.00. The zero-order valence-electron chi connectivity index (χ0n) is 16.0. The van der Waals surface area contributed by atoms with Gasteiger partial charge in [0.15, 0.2) is 0 Å². The lowest BCUT2D eigenvalue weighted by Crippen LogP contribution is -2.45.